The third-order valence-electron chi connectivity index (χ3n) is 6.01. The van der Waals surface area contributed by atoms with Gasteiger partial charge in [0.2, 0.25) is 11.9 Å². The highest BCUT2D eigenvalue weighted by atomic mass is 32.1. The predicted molar refractivity (Wildman–Crippen MR) is 115 cm³/mol. The lowest BCUT2D eigenvalue weighted by Gasteiger charge is -2.36. The second kappa shape index (κ2) is 8.23. The summed E-state index contributed by atoms with van der Waals surface area (Å²) in [7, 11) is 0. The molecule has 0 radical (unpaired) electrons. The molecule has 1 saturated heterocycles. The van der Waals surface area contributed by atoms with Crippen molar-refractivity contribution in [3.8, 4) is 0 Å². The fourth-order valence-electron chi connectivity index (χ4n) is 4.37. The Labute approximate surface area is 170 Å². The highest BCUT2D eigenvalue weighted by Gasteiger charge is 2.26. The van der Waals surface area contributed by atoms with Gasteiger partial charge in [-0.3, -0.25) is 14.2 Å². The molecule has 2 aliphatic rings. The Morgan fingerprint density at radius 2 is 1.86 bits per heavy atom. The first-order valence-corrected chi connectivity index (χ1v) is 11.5. The quantitative estimate of drug-likeness (QED) is 0.771. The van der Waals surface area contributed by atoms with Gasteiger partial charge in [-0.2, -0.15) is 0 Å². The number of aromatic nitrogens is 2. The number of hydrogen-bond acceptors (Lipinski definition) is 5. The van der Waals surface area contributed by atoms with Crippen LogP contribution in [0.15, 0.2) is 4.79 Å². The van der Waals surface area contributed by atoms with Crippen LogP contribution in [0.5, 0.6) is 0 Å². The maximum absolute atomic E-state index is 13.5. The summed E-state index contributed by atoms with van der Waals surface area (Å²) in [6.45, 7) is 7.65. The summed E-state index contributed by atoms with van der Waals surface area (Å²) in [6, 6.07) is 0. The minimum absolute atomic E-state index is 0.139. The average molecular weight is 403 g/mol. The molecule has 0 bridgehead atoms. The van der Waals surface area contributed by atoms with Crippen molar-refractivity contribution >= 4 is 33.4 Å². The van der Waals surface area contributed by atoms with Gasteiger partial charge in [0, 0.05) is 44.0 Å². The zero-order valence-corrected chi connectivity index (χ0v) is 17.8. The first-order valence-electron chi connectivity index (χ1n) is 10.7. The maximum Gasteiger partial charge on any atom is 0.263 e. The van der Waals surface area contributed by atoms with Gasteiger partial charge >= 0.3 is 0 Å². The number of piperazine rings is 1. The highest BCUT2D eigenvalue weighted by molar-refractivity contribution is 7.18. The number of aryl methyl sites for hydroxylation is 2. The second-order valence-electron chi connectivity index (χ2n) is 7.83. The average Bonchev–Trinajstić information content (AvgIpc) is 3.11. The van der Waals surface area contributed by atoms with Gasteiger partial charge in [-0.1, -0.05) is 20.3 Å². The zero-order chi connectivity index (χ0) is 19.7. The summed E-state index contributed by atoms with van der Waals surface area (Å²) in [6.07, 6.45) is 7.04. The molecular formula is C21H30N4O2S. The van der Waals surface area contributed by atoms with E-state index in [2.05, 4.69) is 11.8 Å². The molecular weight excluding hydrogens is 372 g/mol. The van der Waals surface area contributed by atoms with E-state index in [0.717, 1.165) is 54.9 Å². The van der Waals surface area contributed by atoms with Crippen LogP contribution < -0.4 is 10.5 Å². The summed E-state index contributed by atoms with van der Waals surface area (Å²) >= 11 is 1.72. The predicted octanol–water partition coefficient (Wildman–Crippen LogP) is 3.20. The zero-order valence-electron chi connectivity index (χ0n) is 17.0. The van der Waals surface area contributed by atoms with E-state index in [1.807, 2.05) is 16.4 Å². The van der Waals surface area contributed by atoms with E-state index in [0.29, 0.717) is 26.1 Å². The molecule has 0 aromatic carbocycles. The summed E-state index contributed by atoms with van der Waals surface area (Å²) in [4.78, 5) is 36.9. The van der Waals surface area contributed by atoms with E-state index in [9.17, 15) is 9.59 Å². The van der Waals surface area contributed by atoms with Crippen molar-refractivity contribution in [2.45, 2.75) is 65.3 Å². The van der Waals surface area contributed by atoms with Gasteiger partial charge < -0.3 is 9.80 Å². The summed E-state index contributed by atoms with van der Waals surface area (Å²) in [5, 5.41) is 0.874. The standard InChI is InChI=1S/C21H30N4O2S/c1-3-5-10-25-20(27)18-15-8-6-7-9-16(15)28-19(18)22-21(25)24-13-11-23(12-14-24)17(26)4-2/h3-14H2,1-2H3. The fraction of sp³-hybridized carbons (Fsp3) is 0.667. The van der Waals surface area contributed by atoms with Crippen LogP contribution in [0, 0.1) is 0 Å². The molecule has 2 aromatic heterocycles. The lowest BCUT2D eigenvalue weighted by Crippen LogP contribution is -2.50. The number of unbranched alkanes of at least 4 members (excludes halogenated alkanes) is 1. The van der Waals surface area contributed by atoms with Crippen LogP contribution in [0.1, 0.15) is 56.4 Å². The van der Waals surface area contributed by atoms with Crippen molar-refractivity contribution in [1.29, 1.82) is 0 Å². The van der Waals surface area contributed by atoms with Crippen molar-refractivity contribution in [2.24, 2.45) is 0 Å². The van der Waals surface area contributed by atoms with Gasteiger partial charge in [-0.05, 0) is 37.7 Å². The van der Waals surface area contributed by atoms with E-state index in [1.165, 1.54) is 23.3 Å². The van der Waals surface area contributed by atoms with Gasteiger partial charge in [0.15, 0.2) is 0 Å². The minimum atomic E-state index is 0.139. The van der Waals surface area contributed by atoms with Crippen LogP contribution in [-0.4, -0.2) is 46.5 Å². The molecule has 0 N–H and O–H groups in total. The van der Waals surface area contributed by atoms with Crippen molar-refractivity contribution in [1.82, 2.24) is 14.5 Å². The number of nitrogens with zero attached hydrogens (tertiary/aromatic N) is 4. The molecule has 0 unspecified atom stereocenters. The van der Waals surface area contributed by atoms with Crippen LogP contribution in [0.4, 0.5) is 5.95 Å². The van der Waals surface area contributed by atoms with E-state index in [4.69, 9.17) is 4.98 Å². The molecule has 2 aromatic rings. The molecule has 0 spiro atoms. The van der Waals surface area contributed by atoms with E-state index in [1.54, 1.807) is 11.3 Å². The molecule has 1 aliphatic heterocycles. The number of anilines is 1. The summed E-state index contributed by atoms with van der Waals surface area (Å²) in [5.41, 5.74) is 1.40. The molecule has 0 atom stereocenters. The van der Waals surface area contributed by atoms with Crippen molar-refractivity contribution in [3.05, 3.63) is 20.8 Å². The van der Waals surface area contributed by atoms with Crippen LogP contribution in [0.2, 0.25) is 0 Å². The maximum atomic E-state index is 13.5. The molecule has 1 aliphatic carbocycles. The third kappa shape index (κ3) is 3.45. The number of rotatable bonds is 5. The van der Waals surface area contributed by atoms with Crippen molar-refractivity contribution in [2.75, 3.05) is 31.1 Å². The summed E-state index contributed by atoms with van der Waals surface area (Å²) in [5.74, 6) is 1.01. The fourth-order valence-corrected chi connectivity index (χ4v) is 5.61. The number of amides is 1. The molecule has 152 valence electrons. The largest absolute Gasteiger partial charge is 0.339 e. The van der Waals surface area contributed by atoms with Crippen molar-refractivity contribution < 1.29 is 4.79 Å². The Hall–Kier alpha value is -1.89. The van der Waals surface area contributed by atoms with Gasteiger partial charge in [0.25, 0.3) is 5.56 Å². The smallest absolute Gasteiger partial charge is 0.263 e. The lowest BCUT2D eigenvalue weighted by molar-refractivity contribution is -0.131. The Bertz CT molecular complexity index is 925. The van der Waals surface area contributed by atoms with Crippen LogP contribution in [0.3, 0.4) is 0 Å². The lowest BCUT2D eigenvalue weighted by atomic mass is 9.97. The van der Waals surface area contributed by atoms with E-state index >= 15 is 0 Å². The Kier molecular flexibility index (Phi) is 5.71. The van der Waals surface area contributed by atoms with Crippen LogP contribution in [0.25, 0.3) is 10.2 Å². The third-order valence-corrected chi connectivity index (χ3v) is 7.19. The van der Waals surface area contributed by atoms with E-state index in [-0.39, 0.29) is 11.5 Å². The molecule has 0 saturated carbocycles. The first-order chi connectivity index (χ1) is 13.6. The van der Waals surface area contributed by atoms with Crippen molar-refractivity contribution in [3.63, 3.8) is 0 Å². The van der Waals surface area contributed by atoms with Crippen LogP contribution in [-0.2, 0) is 24.2 Å². The summed E-state index contributed by atoms with van der Waals surface area (Å²) < 4.78 is 1.91. The minimum Gasteiger partial charge on any atom is -0.339 e. The second-order valence-corrected chi connectivity index (χ2v) is 8.92. The number of hydrogen-bond donors (Lipinski definition) is 0. The first kappa shape index (κ1) is 19.4. The van der Waals surface area contributed by atoms with Gasteiger partial charge in [-0.25, -0.2) is 4.98 Å². The Balaban J connectivity index is 1.73. The number of thiophene rings is 1. The van der Waals surface area contributed by atoms with E-state index < -0.39 is 0 Å². The molecule has 1 amide bonds. The molecule has 28 heavy (non-hydrogen) atoms. The van der Waals surface area contributed by atoms with Gasteiger partial charge in [0.1, 0.15) is 4.83 Å². The van der Waals surface area contributed by atoms with Gasteiger partial charge in [0.05, 0.1) is 5.39 Å². The topological polar surface area (TPSA) is 58.4 Å². The molecule has 4 rings (SSSR count). The van der Waals surface area contributed by atoms with Crippen LogP contribution >= 0.6 is 11.3 Å². The monoisotopic (exact) mass is 402 g/mol. The number of fused-ring (bicyclic) bond motifs is 3. The molecule has 3 heterocycles. The highest BCUT2D eigenvalue weighted by Crippen LogP contribution is 2.34. The number of carbonyl (C=O) groups is 1. The Morgan fingerprint density at radius 1 is 1.11 bits per heavy atom. The molecule has 6 nitrogen and oxygen atoms in total. The SMILES string of the molecule is CCCCn1c(N2CCN(C(=O)CC)CC2)nc2sc3c(c2c1=O)CCCC3. The van der Waals surface area contributed by atoms with Gasteiger partial charge in [-0.15, -0.1) is 11.3 Å². The molecule has 1 fully saturated rings. The Morgan fingerprint density at radius 3 is 2.57 bits per heavy atom. The number of carbonyl (C=O) groups excluding carboxylic acids is 1. The normalized spacial score (nSPS) is 17.2. The molecule has 7 heteroatoms.